The van der Waals surface area contributed by atoms with Crippen LogP contribution in [0.2, 0.25) is 0 Å². The van der Waals surface area contributed by atoms with Crippen LogP contribution in [-0.4, -0.2) is 22.2 Å². The van der Waals surface area contributed by atoms with Crippen LogP contribution < -0.4 is 5.32 Å². The van der Waals surface area contributed by atoms with E-state index in [-0.39, 0.29) is 11.7 Å². The highest BCUT2D eigenvalue weighted by Gasteiger charge is 2.35. The van der Waals surface area contributed by atoms with Crippen LogP contribution in [-0.2, 0) is 4.79 Å². The molecule has 0 aliphatic heterocycles. The number of hydrogen-bond donors (Lipinski definition) is 2. The molecule has 0 aliphatic carbocycles. The number of rotatable bonds is 4. The minimum absolute atomic E-state index is 0.309. The second-order valence-electron chi connectivity index (χ2n) is 5.56. The Bertz CT molecular complexity index is 470. The van der Waals surface area contributed by atoms with Gasteiger partial charge in [0.1, 0.15) is 5.82 Å². The maximum atomic E-state index is 12.7. The van der Waals surface area contributed by atoms with Crippen LogP contribution in [0.1, 0.15) is 33.3 Å². The highest BCUT2D eigenvalue weighted by Crippen LogP contribution is 2.20. The molecule has 0 radical (unpaired) electrons. The van der Waals surface area contributed by atoms with Crippen molar-refractivity contribution in [3.05, 3.63) is 41.7 Å². The second-order valence-corrected chi connectivity index (χ2v) is 5.56. The molecular formula is C15H20FNO2. The van der Waals surface area contributed by atoms with Gasteiger partial charge in [-0.1, -0.05) is 12.1 Å². The molecule has 0 unspecified atom stereocenters. The Labute approximate surface area is 113 Å². The number of halogens is 1. The molecule has 2 N–H and O–H groups in total. The van der Waals surface area contributed by atoms with Crippen molar-refractivity contribution in [1.29, 1.82) is 0 Å². The molecule has 0 fully saturated rings. The molecule has 0 bridgehead atoms. The van der Waals surface area contributed by atoms with Crippen molar-refractivity contribution in [2.75, 3.05) is 0 Å². The molecule has 1 aromatic carbocycles. The predicted molar refractivity (Wildman–Crippen MR) is 74.0 cm³/mol. The van der Waals surface area contributed by atoms with Crippen LogP contribution in [0.4, 0.5) is 4.39 Å². The monoisotopic (exact) mass is 265 g/mol. The number of carbonyl (C=O) groups excluding carboxylic acids is 1. The normalized spacial score (nSPS) is 12.7. The zero-order valence-electron chi connectivity index (χ0n) is 11.7. The quantitative estimate of drug-likeness (QED) is 0.822. The number of carbonyl (C=O) groups is 1. The van der Waals surface area contributed by atoms with E-state index in [0.29, 0.717) is 0 Å². The van der Waals surface area contributed by atoms with Crippen LogP contribution in [0, 0.1) is 5.82 Å². The fourth-order valence-electron chi connectivity index (χ4n) is 1.25. The average Bonchev–Trinajstić information content (AvgIpc) is 2.26. The first kappa shape index (κ1) is 15.4. The molecule has 0 aliphatic rings. The van der Waals surface area contributed by atoms with Crippen LogP contribution in [0.3, 0.4) is 0 Å². The number of nitrogens with one attached hydrogen (secondary N) is 1. The summed E-state index contributed by atoms with van der Waals surface area (Å²) in [6.07, 6.45) is 2.95. The van der Waals surface area contributed by atoms with E-state index >= 15 is 0 Å². The van der Waals surface area contributed by atoms with E-state index in [9.17, 15) is 14.3 Å². The summed E-state index contributed by atoms with van der Waals surface area (Å²) in [5, 5.41) is 12.7. The fraction of sp³-hybridized carbons (Fsp3) is 0.400. The topological polar surface area (TPSA) is 49.3 Å². The Kier molecular flexibility index (Phi) is 4.48. The van der Waals surface area contributed by atoms with Gasteiger partial charge in [-0.3, -0.25) is 4.79 Å². The Morgan fingerprint density at radius 2 is 1.74 bits per heavy atom. The highest BCUT2D eigenvalue weighted by atomic mass is 19.1. The molecule has 104 valence electrons. The number of hydrogen-bond acceptors (Lipinski definition) is 2. The number of benzene rings is 1. The fourth-order valence-corrected chi connectivity index (χ4v) is 1.25. The first-order valence-corrected chi connectivity index (χ1v) is 6.10. The summed E-state index contributed by atoms with van der Waals surface area (Å²) < 4.78 is 12.7. The molecular weight excluding hydrogens is 245 g/mol. The number of aliphatic hydroxyl groups is 1. The van der Waals surface area contributed by atoms with Gasteiger partial charge in [-0.25, -0.2) is 4.39 Å². The summed E-state index contributed by atoms with van der Waals surface area (Å²) in [6, 6.07) is 5.83. The Balaban J connectivity index is 2.68. The van der Waals surface area contributed by atoms with E-state index in [1.807, 2.05) is 0 Å². The van der Waals surface area contributed by atoms with Crippen LogP contribution in [0.5, 0.6) is 0 Å². The summed E-state index contributed by atoms with van der Waals surface area (Å²) in [5.74, 6) is -0.624. The molecule has 1 rings (SSSR count). The lowest BCUT2D eigenvalue weighted by Gasteiger charge is -2.37. The summed E-state index contributed by atoms with van der Waals surface area (Å²) in [5.41, 5.74) is -1.05. The van der Waals surface area contributed by atoms with Gasteiger partial charge in [0.25, 0.3) is 0 Å². The molecule has 0 atom stereocenters. The van der Waals surface area contributed by atoms with E-state index in [2.05, 4.69) is 5.32 Å². The first-order chi connectivity index (χ1) is 8.62. The van der Waals surface area contributed by atoms with E-state index in [1.54, 1.807) is 45.9 Å². The Hall–Kier alpha value is -1.68. The molecule has 0 saturated heterocycles. The van der Waals surface area contributed by atoms with Crippen LogP contribution in [0.25, 0.3) is 6.08 Å². The van der Waals surface area contributed by atoms with Gasteiger partial charge in [-0.2, -0.15) is 0 Å². The summed E-state index contributed by atoms with van der Waals surface area (Å²) >= 11 is 0. The molecule has 3 nitrogen and oxygen atoms in total. The van der Waals surface area contributed by atoms with Gasteiger partial charge in [0, 0.05) is 6.08 Å². The smallest absolute Gasteiger partial charge is 0.244 e. The van der Waals surface area contributed by atoms with Gasteiger partial charge >= 0.3 is 0 Å². The van der Waals surface area contributed by atoms with Gasteiger partial charge < -0.3 is 10.4 Å². The summed E-state index contributed by atoms with van der Waals surface area (Å²) in [7, 11) is 0. The molecule has 19 heavy (non-hydrogen) atoms. The highest BCUT2D eigenvalue weighted by molar-refractivity contribution is 5.92. The largest absolute Gasteiger partial charge is 0.388 e. The molecule has 0 spiro atoms. The minimum Gasteiger partial charge on any atom is -0.388 e. The second kappa shape index (κ2) is 5.53. The van der Waals surface area contributed by atoms with Gasteiger partial charge in [-0.15, -0.1) is 0 Å². The Morgan fingerprint density at radius 1 is 1.21 bits per heavy atom. The number of amides is 1. The van der Waals surface area contributed by atoms with Crippen molar-refractivity contribution in [2.24, 2.45) is 0 Å². The third kappa shape index (κ3) is 4.48. The summed E-state index contributed by atoms with van der Waals surface area (Å²) in [4.78, 5) is 11.8. The van der Waals surface area contributed by atoms with Gasteiger partial charge in [-0.05, 0) is 51.5 Å². The van der Waals surface area contributed by atoms with Crippen LogP contribution in [0.15, 0.2) is 30.3 Å². The summed E-state index contributed by atoms with van der Waals surface area (Å²) in [6.45, 7) is 6.77. The van der Waals surface area contributed by atoms with E-state index < -0.39 is 11.1 Å². The van der Waals surface area contributed by atoms with E-state index in [4.69, 9.17) is 0 Å². The molecule has 1 amide bonds. The first-order valence-electron chi connectivity index (χ1n) is 6.10. The van der Waals surface area contributed by atoms with Crippen molar-refractivity contribution < 1.29 is 14.3 Å². The zero-order chi connectivity index (χ0) is 14.7. The minimum atomic E-state index is -1.04. The predicted octanol–water partition coefficient (Wildman–Crippen LogP) is 2.50. The van der Waals surface area contributed by atoms with Crippen molar-refractivity contribution >= 4 is 12.0 Å². The van der Waals surface area contributed by atoms with E-state index in [1.165, 1.54) is 18.2 Å². The van der Waals surface area contributed by atoms with Crippen molar-refractivity contribution in [1.82, 2.24) is 5.32 Å². The standard InChI is InChI=1S/C15H20FNO2/c1-14(2,15(3,4)19)17-13(18)10-7-11-5-8-12(16)9-6-11/h5-10,19H,1-4H3,(H,17,18)/b10-7+. The van der Waals surface area contributed by atoms with E-state index in [0.717, 1.165) is 5.56 Å². The third-order valence-corrected chi connectivity index (χ3v) is 3.26. The molecule has 1 aromatic rings. The lowest BCUT2D eigenvalue weighted by molar-refractivity contribution is -0.121. The Morgan fingerprint density at radius 3 is 2.21 bits per heavy atom. The lowest BCUT2D eigenvalue weighted by atomic mass is 9.86. The van der Waals surface area contributed by atoms with Crippen molar-refractivity contribution in [3.63, 3.8) is 0 Å². The van der Waals surface area contributed by atoms with Crippen LogP contribution >= 0.6 is 0 Å². The molecule has 0 heterocycles. The molecule has 0 aromatic heterocycles. The third-order valence-electron chi connectivity index (χ3n) is 3.26. The van der Waals surface area contributed by atoms with Gasteiger partial charge in [0.2, 0.25) is 5.91 Å². The molecule has 4 heteroatoms. The van der Waals surface area contributed by atoms with Crippen molar-refractivity contribution in [2.45, 2.75) is 38.8 Å². The average molecular weight is 265 g/mol. The maximum absolute atomic E-state index is 12.7. The van der Waals surface area contributed by atoms with Gasteiger partial charge in [0.05, 0.1) is 11.1 Å². The van der Waals surface area contributed by atoms with Crippen molar-refractivity contribution in [3.8, 4) is 0 Å². The zero-order valence-corrected chi connectivity index (χ0v) is 11.7. The molecule has 0 saturated carbocycles. The maximum Gasteiger partial charge on any atom is 0.244 e. The lowest BCUT2D eigenvalue weighted by Crippen LogP contribution is -2.57. The SMILES string of the molecule is CC(C)(O)C(C)(C)NC(=O)/C=C/c1ccc(F)cc1. The van der Waals surface area contributed by atoms with Gasteiger partial charge in [0.15, 0.2) is 0 Å².